The fourth-order valence-corrected chi connectivity index (χ4v) is 1.54. The van der Waals surface area contributed by atoms with Crippen molar-refractivity contribution in [3.8, 4) is 5.75 Å². The Morgan fingerprint density at radius 2 is 2.21 bits per heavy atom. The molecule has 0 radical (unpaired) electrons. The molecule has 1 fully saturated rings. The zero-order valence-electron chi connectivity index (χ0n) is 7.81. The average Bonchev–Trinajstić information content (AvgIpc) is 2.10. The van der Waals surface area contributed by atoms with E-state index >= 15 is 0 Å². The summed E-state index contributed by atoms with van der Waals surface area (Å²) >= 11 is 5.63. The van der Waals surface area contributed by atoms with Gasteiger partial charge in [0, 0.05) is 13.1 Å². The number of hydrogen-bond donors (Lipinski definition) is 1. The van der Waals surface area contributed by atoms with E-state index in [0.717, 1.165) is 13.1 Å². The summed E-state index contributed by atoms with van der Waals surface area (Å²) in [4.78, 5) is 0. The Morgan fingerprint density at radius 1 is 1.50 bits per heavy atom. The maximum atomic E-state index is 13.4. The Hall–Kier alpha value is -0.800. The van der Waals surface area contributed by atoms with Crippen LogP contribution in [0.25, 0.3) is 0 Å². The molecule has 0 saturated carbocycles. The summed E-state index contributed by atoms with van der Waals surface area (Å²) in [5.74, 6) is -0.260. The van der Waals surface area contributed by atoms with Crippen molar-refractivity contribution in [1.29, 1.82) is 0 Å². The van der Waals surface area contributed by atoms with E-state index in [1.54, 1.807) is 12.1 Å². The van der Waals surface area contributed by atoms with E-state index < -0.39 is 5.82 Å². The molecule has 0 atom stereocenters. The van der Waals surface area contributed by atoms with Crippen LogP contribution in [0, 0.1) is 5.82 Å². The molecule has 1 aliphatic rings. The second kappa shape index (κ2) is 3.41. The topological polar surface area (TPSA) is 21.3 Å². The minimum atomic E-state index is -0.484. The van der Waals surface area contributed by atoms with Gasteiger partial charge in [-0.05, 0) is 19.1 Å². The van der Waals surface area contributed by atoms with Crippen LogP contribution in [0.15, 0.2) is 18.2 Å². The van der Waals surface area contributed by atoms with Gasteiger partial charge < -0.3 is 10.1 Å². The molecule has 76 valence electrons. The third-order valence-electron chi connectivity index (χ3n) is 2.27. The third kappa shape index (κ3) is 1.70. The van der Waals surface area contributed by atoms with Crippen molar-refractivity contribution in [1.82, 2.24) is 5.32 Å². The second-order valence-corrected chi connectivity index (χ2v) is 4.11. The van der Waals surface area contributed by atoms with Crippen molar-refractivity contribution in [3.05, 3.63) is 29.0 Å². The van der Waals surface area contributed by atoms with Gasteiger partial charge in [-0.15, -0.1) is 0 Å². The van der Waals surface area contributed by atoms with Crippen LogP contribution in [0.5, 0.6) is 5.75 Å². The van der Waals surface area contributed by atoms with Crippen molar-refractivity contribution in [3.63, 3.8) is 0 Å². The number of rotatable bonds is 2. The van der Waals surface area contributed by atoms with Gasteiger partial charge in [0.05, 0.1) is 5.02 Å². The van der Waals surface area contributed by atoms with Crippen LogP contribution in [-0.2, 0) is 0 Å². The van der Waals surface area contributed by atoms with Crippen molar-refractivity contribution in [2.45, 2.75) is 12.5 Å². The van der Waals surface area contributed by atoms with Crippen molar-refractivity contribution in [2.75, 3.05) is 13.1 Å². The molecule has 0 aliphatic carbocycles. The van der Waals surface area contributed by atoms with Crippen molar-refractivity contribution in [2.24, 2.45) is 0 Å². The molecule has 1 N–H and O–H groups in total. The molecule has 1 saturated heterocycles. The summed E-state index contributed by atoms with van der Waals surface area (Å²) in [5, 5.41) is 3.17. The number of benzene rings is 1. The lowest BCUT2D eigenvalue weighted by atomic mass is 10.00. The van der Waals surface area contributed by atoms with Crippen LogP contribution in [0.2, 0.25) is 5.02 Å². The predicted molar refractivity (Wildman–Crippen MR) is 53.3 cm³/mol. The molecule has 0 amide bonds. The number of hydrogen-bond acceptors (Lipinski definition) is 2. The SMILES string of the molecule is CC1(Oc2cccc(Cl)c2F)CNC1. The van der Waals surface area contributed by atoms with Crippen LogP contribution in [0.4, 0.5) is 4.39 Å². The Balaban J connectivity index is 2.20. The summed E-state index contributed by atoms with van der Waals surface area (Å²) in [6.45, 7) is 3.40. The first-order valence-electron chi connectivity index (χ1n) is 4.44. The van der Waals surface area contributed by atoms with Crippen molar-refractivity contribution < 1.29 is 9.13 Å². The average molecular weight is 216 g/mol. The molecular formula is C10H11ClFNO. The highest BCUT2D eigenvalue weighted by Crippen LogP contribution is 2.28. The molecule has 4 heteroatoms. The lowest BCUT2D eigenvalue weighted by molar-refractivity contribution is 0.0312. The van der Waals surface area contributed by atoms with Gasteiger partial charge in [0.15, 0.2) is 11.6 Å². The van der Waals surface area contributed by atoms with Crippen molar-refractivity contribution >= 4 is 11.6 Å². The van der Waals surface area contributed by atoms with Crippen LogP contribution >= 0.6 is 11.6 Å². The standard InChI is InChI=1S/C10H11ClFNO/c1-10(5-13-6-10)14-8-4-2-3-7(11)9(8)12/h2-4,13H,5-6H2,1H3. The first-order valence-corrected chi connectivity index (χ1v) is 4.82. The monoisotopic (exact) mass is 215 g/mol. The highest BCUT2D eigenvalue weighted by molar-refractivity contribution is 6.30. The molecule has 2 nitrogen and oxygen atoms in total. The van der Waals surface area contributed by atoms with E-state index in [4.69, 9.17) is 16.3 Å². The maximum absolute atomic E-state index is 13.4. The van der Waals surface area contributed by atoms with E-state index in [9.17, 15) is 4.39 Å². The summed E-state index contributed by atoms with van der Waals surface area (Å²) in [5.41, 5.74) is -0.300. The highest BCUT2D eigenvalue weighted by Gasteiger charge is 2.34. The zero-order chi connectivity index (χ0) is 10.2. The molecule has 1 heterocycles. The van der Waals surface area contributed by atoms with Gasteiger partial charge in [-0.25, -0.2) is 4.39 Å². The van der Waals surface area contributed by atoms with Gasteiger partial charge in [0.25, 0.3) is 0 Å². The summed E-state index contributed by atoms with van der Waals surface area (Å²) in [7, 11) is 0. The van der Waals surface area contributed by atoms with Gasteiger partial charge in [0.1, 0.15) is 5.60 Å². The van der Waals surface area contributed by atoms with E-state index in [1.165, 1.54) is 6.07 Å². The molecule has 1 aliphatic heterocycles. The smallest absolute Gasteiger partial charge is 0.183 e. The molecule has 0 unspecified atom stereocenters. The number of nitrogens with one attached hydrogen (secondary N) is 1. The molecule has 1 aromatic rings. The molecule has 0 aromatic heterocycles. The summed E-state index contributed by atoms with van der Waals surface area (Å²) < 4.78 is 18.9. The number of ether oxygens (including phenoxy) is 1. The van der Waals surface area contributed by atoms with Crippen LogP contribution in [-0.4, -0.2) is 18.7 Å². The fraction of sp³-hybridized carbons (Fsp3) is 0.400. The van der Waals surface area contributed by atoms with Gasteiger partial charge in [-0.1, -0.05) is 17.7 Å². The van der Waals surface area contributed by atoms with Gasteiger partial charge >= 0.3 is 0 Å². The van der Waals surface area contributed by atoms with E-state index in [1.807, 2.05) is 6.92 Å². The Morgan fingerprint density at radius 3 is 2.79 bits per heavy atom. The predicted octanol–water partition coefficient (Wildman–Crippen LogP) is 2.22. The Kier molecular flexibility index (Phi) is 2.37. The van der Waals surface area contributed by atoms with Gasteiger partial charge in [-0.2, -0.15) is 0 Å². The normalized spacial score (nSPS) is 18.8. The largest absolute Gasteiger partial charge is 0.482 e. The van der Waals surface area contributed by atoms with Crippen LogP contribution in [0.1, 0.15) is 6.92 Å². The lowest BCUT2D eigenvalue weighted by Crippen LogP contribution is -2.61. The highest BCUT2D eigenvalue weighted by atomic mass is 35.5. The van der Waals surface area contributed by atoms with E-state index in [2.05, 4.69) is 5.32 Å². The quantitative estimate of drug-likeness (QED) is 0.817. The van der Waals surface area contributed by atoms with Gasteiger partial charge in [-0.3, -0.25) is 0 Å². The van der Waals surface area contributed by atoms with E-state index in [0.29, 0.717) is 0 Å². The minimum Gasteiger partial charge on any atom is -0.482 e. The molecule has 14 heavy (non-hydrogen) atoms. The first kappa shape index (κ1) is 9.74. The summed E-state index contributed by atoms with van der Waals surface area (Å²) in [6, 6.07) is 4.77. The summed E-state index contributed by atoms with van der Waals surface area (Å²) in [6.07, 6.45) is 0. The molecule has 0 bridgehead atoms. The maximum Gasteiger partial charge on any atom is 0.183 e. The third-order valence-corrected chi connectivity index (χ3v) is 2.56. The Bertz CT molecular complexity index is 352. The first-order chi connectivity index (χ1) is 6.61. The second-order valence-electron chi connectivity index (χ2n) is 3.71. The Labute approximate surface area is 87.0 Å². The minimum absolute atomic E-state index is 0.0957. The van der Waals surface area contributed by atoms with Crippen LogP contribution < -0.4 is 10.1 Å². The molecule has 1 aromatic carbocycles. The molecule has 0 spiro atoms. The fourth-order valence-electron chi connectivity index (χ4n) is 1.38. The van der Waals surface area contributed by atoms with E-state index in [-0.39, 0.29) is 16.4 Å². The number of halogens is 2. The zero-order valence-corrected chi connectivity index (χ0v) is 8.57. The lowest BCUT2D eigenvalue weighted by Gasteiger charge is -2.39. The molecular weight excluding hydrogens is 205 g/mol. The van der Waals surface area contributed by atoms with Crippen LogP contribution in [0.3, 0.4) is 0 Å². The van der Waals surface area contributed by atoms with Gasteiger partial charge in [0.2, 0.25) is 0 Å². The molecule has 2 rings (SSSR count).